The number of hydrogen-bond acceptors (Lipinski definition) is 4. The normalized spacial score (nSPS) is 16.6. The third-order valence-corrected chi connectivity index (χ3v) is 4.36. The molecule has 0 N–H and O–H groups in total. The van der Waals surface area contributed by atoms with Gasteiger partial charge < -0.3 is 18.3 Å². The van der Waals surface area contributed by atoms with Crippen LogP contribution >= 0.6 is 0 Å². The first-order valence-electron chi connectivity index (χ1n) is 5.72. The SMILES string of the molecule is COc1cccc(O[Si]2CCCCO2)c1OC. The van der Waals surface area contributed by atoms with E-state index in [9.17, 15) is 0 Å². The first kappa shape index (κ1) is 12.3. The van der Waals surface area contributed by atoms with E-state index in [1.807, 2.05) is 18.2 Å². The molecule has 0 unspecified atom stereocenters. The van der Waals surface area contributed by atoms with E-state index in [1.165, 1.54) is 6.42 Å². The zero-order valence-corrected chi connectivity index (χ0v) is 11.2. The molecule has 0 amide bonds. The zero-order chi connectivity index (χ0) is 12.1. The van der Waals surface area contributed by atoms with Crippen LogP contribution in [0.3, 0.4) is 0 Å². The van der Waals surface area contributed by atoms with Gasteiger partial charge in [0.25, 0.3) is 0 Å². The van der Waals surface area contributed by atoms with E-state index >= 15 is 0 Å². The molecule has 1 aromatic carbocycles. The fraction of sp³-hybridized carbons (Fsp3) is 0.500. The van der Waals surface area contributed by atoms with Crippen molar-refractivity contribution in [3.8, 4) is 17.2 Å². The molecular formula is C12H17O4Si. The predicted molar refractivity (Wildman–Crippen MR) is 65.9 cm³/mol. The van der Waals surface area contributed by atoms with Crippen molar-refractivity contribution in [2.75, 3.05) is 20.8 Å². The lowest BCUT2D eigenvalue weighted by Gasteiger charge is -2.21. The maximum absolute atomic E-state index is 5.89. The van der Waals surface area contributed by atoms with Crippen molar-refractivity contribution in [1.29, 1.82) is 0 Å². The fourth-order valence-electron chi connectivity index (χ4n) is 1.77. The van der Waals surface area contributed by atoms with Crippen molar-refractivity contribution >= 4 is 9.28 Å². The molecule has 1 aromatic rings. The zero-order valence-electron chi connectivity index (χ0n) is 10.2. The van der Waals surface area contributed by atoms with Gasteiger partial charge in [-0.05, 0) is 25.0 Å². The Kier molecular flexibility index (Phi) is 4.28. The van der Waals surface area contributed by atoms with Gasteiger partial charge in [-0.15, -0.1) is 0 Å². The van der Waals surface area contributed by atoms with E-state index in [4.69, 9.17) is 18.3 Å². The highest BCUT2D eigenvalue weighted by Crippen LogP contribution is 2.37. The number of hydrogen-bond donors (Lipinski definition) is 0. The Morgan fingerprint density at radius 1 is 1.12 bits per heavy atom. The predicted octanol–water partition coefficient (Wildman–Crippen LogP) is 2.38. The average molecular weight is 253 g/mol. The lowest BCUT2D eigenvalue weighted by atomic mass is 10.3. The van der Waals surface area contributed by atoms with Crippen molar-refractivity contribution in [1.82, 2.24) is 0 Å². The molecule has 0 saturated carbocycles. The fourth-order valence-corrected chi connectivity index (χ4v) is 3.39. The Bertz CT molecular complexity index is 364. The second-order valence-corrected chi connectivity index (χ2v) is 5.51. The Balaban J connectivity index is 2.13. The third-order valence-electron chi connectivity index (χ3n) is 2.63. The summed E-state index contributed by atoms with van der Waals surface area (Å²) in [5, 5.41) is 0. The molecule has 17 heavy (non-hydrogen) atoms. The molecule has 4 nitrogen and oxygen atoms in total. The lowest BCUT2D eigenvalue weighted by Crippen LogP contribution is -2.30. The number of ether oxygens (including phenoxy) is 2. The van der Waals surface area contributed by atoms with E-state index in [2.05, 4.69) is 0 Å². The highest BCUT2D eigenvalue weighted by Gasteiger charge is 2.24. The summed E-state index contributed by atoms with van der Waals surface area (Å²) in [6, 6.07) is 6.65. The van der Waals surface area contributed by atoms with Gasteiger partial charge in [-0.2, -0.15) is 0 Å². The number of methoxy groups -OCH3 is 2. The molecule has 1 saturated heterocycles. The quantitative estimate of drug-likeness (QED) is 0.772. The minimum atomic E-state index is -1.19. The maximum Gasteiger partial charge on any atom is 0.457 e. The molecule has 5 heteroatoms. The van der Waals surface area contributed by atoms with Gasteiger partial charge in [0.2, 0.25) is 5.75 Å². The molecule has 0 aliphatic carbocycles. The van der Waals surface area contributed by atoms with Crippen LogP contribution in [0, 0.1) is 0 Å². The molecule has 2 rings (SSSR count). The summed E-state index contributed by atoms with van der Waals surface area (Å²) in [4.78, 5) is 0. The van der Waals surface area contributed by atoms with Crippen LogP contribution in [0.4, 0.5) is 0 Å². The van der Waals surface area contributed by atoms with E-state index in [0.29, 0.717) is 17.2 Å². The number of rotatable bonds is 4. The van der Waals surface area contributed by atoms with Crippen molar-refractivity contribution in [3.63, 3.8) is 0 Å². The molecule has 1 radical (unpaired) electrons. The lowest BCUT2D eigenvalue weighted by molar-refractivity contribution is 0.233. The van der Waals surface area contributed by atoms with E-state index < -0.39 is 9.28 Å². The van der Waals surface area contributed by atoms with Crippen LogP contribution in [0.2, 0.25) is 6.04 Å². The number of benzene rings is 1. The minimum Gasteiger partial charge on any atom is -0.516 e. The van der Waals surface area contributed by atoms with Gasteiger partial charge >= 0.3 is 9.28 Å². The summed E-state index contributed by atoms with van der Waals surface area (Å²) in [5.41, 5.74) is 0. The number of para-hydroxylation sites is 1. The van der Waals surface area contributed by atoms with E-state index in [1.54, 1.807) is 14.2 Å². The van der Waals surface area contributed by atoms with Crippen molar-refractivity contribution in [2.24, 2.45) is 0 Å². The Labute approximate surface area is 103 Å². The van der Waals surface area contributed by atoms with Crippen LogP contribution in [-0.2, 0) is 4.43 Å². The Hall–Kier alpha value is -1.20. The van der Waals surface area contributed by atoms with Gasteiger partial charge in [-0.1, -0.05) is 6.07 Å². The van der Waals surface area contributed by atoms with Crippen LogP contribution in [0.1, 0.15) is 12.8 Å². The first-order valence-corrected chi connectivity index (χ1v) is 7.25. The summed E-state index contributed by atoms with van der Waals surface area (Å²) in [5.74, 6) is 2.03. The standard InChI is InChI=1S/C12H17O4Si/c1-13-10-6-5-7-11(12(10)14-2)16-17-9-4-3-8-15-17/h5-7H,3-4,8-9H2,1-2H3. The summed E-state index contributed by atoms with van der Waals surface area (Å²) >= 11 is 0. The van der Waals surface area contributed by atoms with Gasteiger partial charge in [0.05, 0.1) is 14.2 Å². The van der Waals surface area contributed by atoms with E-state index in [-0.39, 0.29) is 0 Å². The molecule has 1 fully saturated rings. The summed E-state index contributed by atoms with van der Waals surface area (Å²) < 4.78 is 22.1. The van der Waals surface area contributed by atoms with Crippen molar-refractivity contribution in [2.45, 2.75) is 18.9 Å². The van der Waals surface area contributed by atoms with Gasteiger partial charge in [0.15, 0.2) is 11.5 Å². The van der Waals surface area contributed by atoms with Crippen LogP contribution in [-0.4, -0.2) is 30.1 Å². The maximum atomic E-state index is 5.89. The third kappa shape index (κ3) is 2.92. The van der Waals surface area contributed by atoms with Crippen LogP contribution < -0.4 is 13.9 Å². The van der Waals surface area contributed by atoms with Crippen LogP contribution in [0.5, 0.6) is 17.2 Å². The van der Waals surface area contributed by atoms with E-state index in [0.717, 1.165) is 19.1 Å². The average Bonchev–Trinajstić information content (AvgIpc) is 2.39. The molecule has 0 aromatic heterocycles. The smallest absolute Gasteiger partial charge is 0.457 e. The molecular weight excluding hydrogens is 236 g/mol. The van der Waals surface area contributed by atoms with Gasteiger partial charge in [0, 0.05) is 12.7 Å². The second kappa shape index (κ2) is 5.93. The molecule has 93 valence electrons. The van der Waals surface area contributed by atoms with Gasteiger partial charge in [-0.25, -0.2) is 0 Å². The monoisotopic (exact) mass is 253 g/mol. The Morgan fingerprint density at radius 2 is 1.94 bits per heavy atom. The molecule has 0 spiro atoms. The molecule has 0 atom stereocenters. The summed E-state index contributed by atoms with van der Waals surface area (Å²) in [6.45, 7) is 0.806. The topological polar surface area (TPSA) is 36.9 Å². The first-order chi connectivity index (χ1) is 8.35. The molecule has 1 aliphatic heterocycles. The summed E-state index contributed by atoms with van der Waals surface area (Å²) in [6.07, 6.45) is 2.31. The van der Waals surface area contributed by atoms with Gasteiger partial charge in [0.1, 0.15) is 0 Å². The molecule has 1 heterocycles. The second-order valence-electron chi connectivity index (χ2n) is 3.77. The van der Waals surface area contributed by atoms with Crippen LogP contribution in [0.25, 0.3) is 0 Å². The minimum absolute atomic E-state index is 0.640. The largest absolute Gasteiger partial charge is 0.516 e. The van der Waals surface area contributed by atoms with Crippen molar-refractivity contribution in [3.05, 3.63) is 18.2 Å². The van der Waals surface area contributed by atoms with Crippen LogP contribution in [0.15, 0.2) is 18.2 Å². The highest BCUT2D eigenvalue weighted by atomic mass is 28.3. The summed E-state index contributed by atoms with van der Waals surface area (Å²) in [7, 11) is 2.04. The Morgan fingerprint density at radius 3 is 2.59 bits per heavy atom. The molecule has 1 aliphatic rings. The van der Waals surface area contributed by atoms with Gasteiger partial charge in [-0.3, -0.25) is 0 Å². The highest BCUT2D eigenvalue weighted by molar-refractivity contribution is 6.45. The molecule has 0 bridgehead atoms. The van der Waals surface area contributed by atoms with Crippen molar-refractivity contribution < 1.29 is 18.3 Å².